The van der Waals surface area contributed by atoms with Crippen LogP contribution in [0.2, 0.25) is 0 Å². The first-order valence-corrected chi connectivity index (χ1v) is 7.36. The van der Waals surface area contributed by atoms with Crippen LogP contribution in [0.25, 0.3) is 0 Å². The van der Waals surface area contributed by atoms with E-state index in [0.29, 0.717) is 0 Å². The highest BCUT2D eigenvalue weighted by Crippen LogP contribution is 2.36. The van der Waals surface area contributed by atoms with Crippen LogP contribution >= 0.6 is 12.4 Å². The van der Waals surface area contributed by atoms with Gasteiger partial charge in [0.25, 0.3) is 5.91 Å². The summed E-state index contributed by atoms with van der Waals surface area (Å²) in [5, 5.41) is 2.75. The number of halogens is 4. The smallest absolute Gasteiger partial charge is 0.419 e. The molecule has 1 aromatic carbocycles. The van der Waals surface area contributed by atoms with E-state index in [0.717, 1.165) is 6.07 Å². The summed E-state index contributed by atoms with van der Waals surface area (Å²) in [7, 11) is 0. The van der Waals surface area contributed by atoms with Crippen molar-refractivity contribution in [3.63, 3.8) is 0 Å². The van der Waals surface area contributed by atoms with Gasteiger partial charge in [-0.3, -0.25) is 4.79 Å². The monoisotopic (exact) mass is 368 g/mol. The molecule has 2 unspecified atom stereocenters. The molecule has 1 rings (SSSR count). The molecule has 3 N–H and O–H groups in total. The molecule has 0 aliphatic carbocycles. The van der Waals surface area contributed by atoms with Crippen molar-refractivity contribution < 1.29 is 22.7 Å². The number of nitrogens with two attached hydrogens (primary N) is 1. The van der Waals surface area contributed by atoms with Gasteiger partial charge in [0.05, 0.1) is 11.1 Å². The van der Waals surface area contributed by atoms with Crippen LogP contribution in [0, 0.1) is 5.92 Å². The first kappa shape index (κ1) is 22.5. The number of hydrogen-bond donors (Lipinski definition) is 2. The number of benzene rings is 1. The first-order valence-electron chi connectivity index (χ1n) is 7.36. The number of hydrogen-bond acceptors (Lipinski definition) is 3. The number of para-hydroxylation sites is 1. The summed E-state index contributed by atoms with van der Waals surface area (Å²) in [6.07, 6.45) is -5.63. The van der Waals surface area contributed by atoms with E-state index in [2.05, 4.69) is 5.32 Å². The van der Waals surface area contributed by atoms with Gasteiger partial charge in [0, 0.05) is 6.54 Å². The molecule has 0 bridgehead atoms. The Morgan fingerprint density at radius 2 is 1.79 bits per heavy atom. The molecule has 0 saturated carbocycles. The van der Waals surface area contributed by atoms with Gasteiger partial charge in [0.2, 0.25) is 0 Å². The standard InChI is InChI=1S/C16H23F3N2O2.ClH/c1-10(2)15(4,9-20)21-14(22)11(3)23-13-8-6-5-7-12(13)16(17,18)19;/h5-8,10-11H,9,20H2,1-4H3,(H,21,22);1H. The van der Waals surface area contributed by atoms with Crippen molar-refractivity contribution in [1.29, 1.82) is 0 Å². The quantitative estimate of drug-likeness (QED) is 0.809. The molecule has 0 aromatic heterocycles. The fourth-order valence-corrected chi connectivity index (χ4v) is 1.86. The minimum Gasteiger partial charge on any atom is -0.480 e. The van der Waals surface area contributed by atoms with Crippen LogP contribution in [0.1, 0.15) is 33.3 Å². The second-order valence-electron chi connectivity index (χ2n) is 6.02. The number of carbonyl (C=O) groups is 1. The van der Waals surface area contributed by atoms with Gasteiger partial charge in [0.1, 0.15) is 5.75 Å². The van der Waals surface area contributed by atoms with E-state index in [4.69, 9.17) is 10.5 Å². The third-order valence-electron chi connectivity index (χ3n) is 3.97. The fourth-order valence-electron chi connectivity index (χ4n) is 1.86. The van der Waals surface area contributed by atoms with Gasteiger partial charge >= 0.3 is 6.18 Å². The molecule has 1 aromatic rings. The predicted molar refractivity (Wildman–Crippen MR) is 89.2 cm³/mol. The summed E-state index contributed by atoms with van der Waals surface area (Å²) in [4.78, 5) is 12.2. The van der Waals surface area contributed by atoms with Crippen molar-refractivity contribution in [2.24, 2.45) is 11.7 Å². The highest BCUT2D eigenvalue weighted by Gasteiger charge is 2.35. The van der Waals surface area contributed by atoms with E-state index in [-0.39, 0.29) is 30.6 Å². The Bertz CT molecular complexity index is 552. The third-order valence-corrected chi connectivity index (χ3v) is 3.97. The van der Waals surface area contributed by atoms with Gasteiger partial charge in [0.15, 0.2) is 6.10 Å². The Morgan fingerprint density at radius 3 is 2.25 bits per heavy atom. The SMILES string of the molecule is CC(Oc1ccccc1C(F)(F)F)C(=O)NC(C)(CN)C(C)C.Cl. The maximum absolute atomic E-state index is 12.9. The number of amides is 1. The summed E-state index contributed by atoms with van der Waals surface area (Å²) in [5.74, 6) is -0.823. The summed E-state index contributed by atoms with van der Waals surface area (Å²) in [6.45, 7) is 7.20. The third kappa shape index (κ3) is 5.56. The Kier molecular flexibility index (Phi) is 8.05. The Hall–Kier alpha value is -1.47. The van der Waals surface area contributed by atoms with Gasteiger partial charge < -0.3 is 15.8 Å². The number of nitrogens with one attached hydrogen (secondary N) is 1. The second-order valence-corrected chi connectivity index (χ2v) is 6.02. The molecule has 24 heavy (non-hydrogen) atoms. The van der Waals surface area contributed by atoms with E-state index < -0.39 is 29.3 Å². The van der Waals surface area contributed by atoms with Gasteiger partial charge in [-0.15, -0.1) is 12.4 Å². The number of rotatable bonds is 6. The van der Waals surface area contributed by atoms with Crippen LogP contribution in [0.4, 0.5) is 13.2 Å². The van der Waals surface area contributed by atoms with Crippen molar-refractivity contribution in [2.45, 2.75) is 45.5 Å². The summed E-state index contributed by atoms with van der Waals surface area (Å²) >= 11 is 0. The number of carbonyl (C=O) groups excluding carboxylic acids is 1. The second kappa shape index (κ2) is 8.58. The van der Waals surface area contributed by atoms with Crippen molar-refractivity contribution in [3.05, 3.63) is 29.8 Å². The Balaban J connectivity index is 0.00000529. The van der Waals surface area contributed by atoms with Crippen molar-refractivity contribution in [3.8, 4) is 5.75 Å². The summed E-state index contributed by atoms with van der Waals surface area (Å²) < 4.78 is 44.0. The van der Waals surface area contributed by atoms with Crippen LogP contribution in [0.5, 0.6) is 5.75 Å². The molecule has 0 spiro atoms. The summed E-state index contributed by atoms with van der Waals surface area (Å²) in [6, 6.07) is 4.80. The molecular formula is C16H24ClF3N2O2. The van der Waals surface area contributed by atoms with Crippen LogP contribution in [0.15, 0.2) is 24.3 Å². The normalized spacial score (nSPS) is 15.2. The zero-order valence-electron chi connectivity index (χ0n) is 14.1. The van der Waals surface area contributed by atoms with Crippen LogP contribution in [-0.2, 0) is 11.0 Å². The topological polar surface area (TPSA) is 64.3 Å². The van der Waals surface area contributed by atoms with Gasteiger partial charge in [-0.1, -0.05) is 26.0 Å². The fraction of sp³-hybridized carbons (Fsp3) is 0.562. The van der Waals surface area contributed by atoms with Crippen molar-refractivity contribution in [2.75, 3.05) is 6.54 Å². The molecule has 0 fully saturated rings. The van der Waals surface area contributed by atoms with E-state index in [1.54, 1.807) is 6.92 Å². The lowest BCUT2D eigenvalue weighted by Gasteiger charge is -2.34. The lowest BCUT2D eigenvalue weighted by Crippen LogP contribution is -2.57. The predicted octanol–water partition coefficient (Wildman–Crippen LogP) is 3.38. The first-order chi connectivity index (χ1) is 10.5. The zero-order chi connectivity index (χ0) is 17.8. The maximum atomic E-state index is 12.9. The molecule has 8 heteroatoms. The molecular weight excluding hydrogens is 345 g/mol. The molecule has 0 aliphatic rings. The van der Waals surface area contributed by atoms with Crippen LogP contribution in [-0.4, -0.2) is 24.1 Å². The van der Waals surface area contributed by atoms with Crippen molar-refractivity contribution in [1.82, 2.24) is 5.32 Å². The number of alkyl halides is 3. The highest BCUT2D eigenvalue weighted by atomic mass is 35.5. The lowest BCUT2D eigenvalue weighted by atomic mass is 9.88. The molecule has 1 amide bonds. The van der Waals surface area contributed by atoms with E-state index in [9.17, 15) is 18.0 Å². The summed E-state index contributed by atoms with van der Waals surface area (Å²) in [5.41, 5.74) is 4.12. The van der Waals surface area contributed by atoms with E-state index in [1.807, 2.05) is 13.8 Å². The number of ether oxygens (including phenoxy) is 1. The average Bonchev–Trinajstić information content (AvgIpc) is 2.46. The van der Waals surface area contributed by atoms with E-state index >= 15 is 0 Å². The molecule has 4 nitrogen and oxygen atoms in total. The molecule has 0 heterocycles. The van der Waals surface area contributed by atoms with Crippen molar-refractivity contribution >= 4 is 18.3 Å². The van der Waals surface area contributed by atoms with Crippen LogP contribution in [0.3, 0.4) is 0 Å². The molecule has 2 atom stereocenters. The minimum absolute atomic E-state index is 0. The average molecular weight is 369 g/mol. The maximum Gasteiger partial charge on any atom is 0.419 e. The Morgan fingerprint density at radius 1 is 1.25 bits per heavy atom. The minimum atomic E-state index is -4.55. The molecule has 0 aliphatic heterocycles. The highest BCUT2D eigenvalue weighted by molar-refractivity contribution is 5.85. The zero-order valence-corrected chi connectivity index (χ0v) is 14.9. The van der Waals surface area contributed by atoms with Gasteiger partial charge in [-0.25, -0.2) is 0 Å². The van der Waals surface area contributed by atoms with Gasteiger partial charge in [-0.2, -0.15) is 13.2 Å². The molecule has 138 valence electrons. The largest absolute Gasteiger partial charge is 0.480 e. The lowest BCUT2D eigenvalue weighted by molar-refractivity contribution is -0.141. The molecule has 0 radical (unpaired) electrons. The van der Waals surface area contributed by atoms with E-state index in [1.165, 1.54) is 25.1 Å². The molecule has 0 saturated heterocycles. The van der Waals surface area contributed by atoms with Gasteiger partial charge in [-0.05, 0) is 31.9 Å². The van der Waals surface area contributed by atoms with Crippen LogP contribution < -0.4 is 15.8 Å². The Labute approximate surface area is 146 Å².